The Bertz CT molecular complexity index is 546. The van der Waals surface area contributed by atoms with Gasteiger partial charge in [0.2, 0.25) is 0 Å². The van der Waals surface area contributed by atoms with Crippen LogP contribution in [0.15, 0.2) is 39.8 Å². The van der Waals surface area contributed by atoms with E-state index in [1.807, 2.05) is 18.3 Å². The van der Waals surface area contributed by atoms with Crippen molar-refractivity contribution in [3.8, 4) is 0 Å². The van der Waals surface area contributed by atoms with Crippen LogP contribution in [0, 0.1) is 0 Å². The van der Waals surface area contributed by atoms with E-state index in [2.05, 4.69) is 45.0 Å². The second-order valence-corrected chi connectivity index (χ2v) is 6.22. The molecule has 0 aliphatic heterocycles. The van der Waals surface area contributed by atoms with Crippen molar-refractivity contribution >= 4 is 39.3 Å². The number of thioether (sulfide) groups is 1. The van der Waals surface area contributed by atoms with Crippen LogP contribution in [0.2, 0.25) is 0 Å². The first-order valence-corrected chi connectivity index (χ1v) is 8.32. The van der Waals surface area contributed by atoms with Crippen LogP contribution in [-0.4, -0.2) is 9.97 Å². The van der Waals surface area contributed by atoms with Crippen molar-refractivity contribution in [1.82, 2.24) is 9.97 Å². The lowest BCUT2D eigenvalue weighted by molar-refractivity contribution is 0.912. The molecule has 1 aromatic heterocycles. The minimum atomic E-state index is 0.476. The molecule has 0 bridgehead atoms. The highest BCUT2D eigenvalue weighted by Crippen LogP contribution is 2.23. The number of hydrogen-bond donors (Lipinski definition) is 0. The Morgan fingerprint density at radius 2 is 2.00 bits per heavy atom. The summed E-state index contributed by atoms with van der Waals surface area (Å²) >= 11 is 11.0. The molecule has 2 nitrogen and oxygen atoms in total. The van der Waals surface area contributed by atoms with E-state index in [9.17, 15) is 0 Å². The molecule has 5 heteroatoms. The van der Waals surface area contributed by atoms with E-state index in [0.29, 0.717) is 5.88 Å². The number of aromatic nitrogens is 2. The molecule has 0 aliphatic carbocycles. The largest absolute Gasteiger partial charge is 0.240 e. The monoisotopic (exact) mass is 356 g/mol. The zero-order valence-corrected chi connectivity index (χ0v) is 13.7. The molecular formula is C14H14BrClN2S. The number of rotatable bonds is 5. The van der Waals surface area contributed by atoms with Crippen LogP contribution in [0.25, 0.3) is 0 Å². The molecule has 0 atom stereocenters. The van der Waals surface area contributed by atoms with Gasteiger partial charge < -0.3 is 0 Å². The summed E-state index contributed by atoms with van der Waals surface area (Å²) in [6, 6.07) is 8.25. The van der Waals surface area contributed by atoms with Crippen molar-refractivity contribution in [3.05, 3.63) is 52.0 Å². The molecule has 0 saturated carbocycles. The Kier molecular flexibility index (Phi) is 5.67. The number of aryl methyl sites for hydroxylation is 1. The summed E-state index contributed by atoms with van der Waals surface area (Å²) in [6.45, 7) is 2.09. The van der Waals surface area contributed by atoms with Crippen LogP contribution in [0.1, 0.15) is 24.0 Å². The fraction of sp³-hybridized carbons (Fsp3) is 0.286. The molecule has 0 spiro atoms. The number of nitrogens with zero attached hydrogens (tertiary/aromatic N) is 2. The van der Waals surface area contributed by atoms with Crippen molar-refractivity contribution in [2.45, 2.75) is 29.9 Å². The maximum atomic E-state index is 5.86. The Labute approximate surface area is 131 Å². The van der Waals surface area contributed by atoms with Crippen LogP contribution < -0.4 is 0 Å². The van der Waals surface area contributed by atoms with E-state index in [1.165, 1.54) is 4.90 Å². The summed E-state index contributed by atoms with van der Waals surface area (Å²) in [7, 11) is 0. The lowest BCUT2D eigenvalue weighted by atomic mass is 10.2. The molecule has 0 radical (unpaired) electrons. The van der Waals surface area contributed by atoms with Crippen LogP contribution in [-0.2, 0) is 18.1 Å². The van der Waals surface area contributed by atoms with Gasteiger partial charge in [-0.15, -0.1) is 23.4 Å². The fourth-order valence-electron chi connectivity index (χ4n) is 1.65. The summed E-state index contributed by atoms with van der Waals surface area (Å²) in [6.07, 6.45) is 2.73. The maximum absolute atomic E-state index is 5.86. The smallest absolute Gasteiger partial charge is 0.138 e. The van der Waals surface area contributed by atoms with E-state index in [-0.39, 0.29) is 0 Å². The van der Waals surface area contributed by atoms with Gasteiger partial charge in [-0.1, -0.05) is 22.9 Å². The maximum Gasteiger partial charge on any atom is 0.138 e. The Hall–Kier alpha value is -0.580. The second kappa shape index (κ2) is 7.27. The standard InChI is InChI=1S/C14H14BrClN2S/c1-2-13-10(7-16)8-17-14(18-13)9-19-12-5-3-11(15)4-6-12/h3-6,8H,2,7,9H2,1H3. The summed E-state index contributed by atoms with van der Waals surface area (Å²) in [5, 5.41) is 0. The lowest BCUT2D eigenvalue weighted by Gasteiger charge is -2.06. The van der Waals surface area contributed by atoms with E-state index in [0.717, 1.165) is 33.7 Å². The van der Waals surface area contributed by atoms with Gasteiger partial charge in [-0.2, -0.15) is 0 Å². The molecular weight excluding hydrogens is 344 g/mol. The fourth-order valence-corrected chi connectivity index (χ4v) is 2.90. The van der Waals surface area contributed by atoms with Crippen LogP contribution >= 0.6 is 39.3 Å². The molecule has 0 amide bonds. The van der Waals surface area contributed by atoms with Gasteiger partial charge in [-0.05, 0) is 30.7 Å². The average molecular weight is 358 g/mol. The molecule has 2 aromatic rings. The van der Waals surface area contributed by atoms with Gasteiger partial charge in [0.05, 0.1) is 11.6 Å². The van der Waals surface area contributed by atoms with Crippen LogP contribution in [0.4, 0.5) is 0 Å². The Morgan fingerprint density at radius 1 is 1.26 bits per heavy atom. The predicted molar refractivity (Wildman–Crippen MR) is 84.7 cm³/mol. The zero-order valence-electron chi connectivity index (χ0n) is 10.6. The van der Waals surface area contributed by atoms with Gasteiger partial charge >= 0.3 is 0 Å². The first kappa shape index (κ1) is 14.8. The lowest BCUT2D eigenvalue weighted by Crippen LogP contribution is -2.01. The summed E-state index contributed by atoms with van der Waals surface area (Å²) in [4.78, 5) is 10.1. The SMILES string of the molecule is CCc1nc(CSc2ccc(Br)cc2)ncc1CCl. The topological polar surface area (TPSA) is 25.8 Å². The summed E-state index contributed by atoms with van der Waals surface area (Å²) in [5.41, 5.74) is 2.08. The van der Waals surface area contributed by atoms with Gasteiger partial charge in [0.15, 0.2) is 0 Å². The number of alkyl halides is 1. The molecule has 1 aromatic carbocycles. The highest BCUT2D eigenvalue weighted by atomic mass is 79.9. The van der Waals surface area contributed by atoms with Crippen molar-refractivity contribution in [3.63, 3.8) is 0 Å². The van der Waals surface area contributed by atoms with Crippen molar-refractivity contribution < 1.29 is 0 Å². The number of hydrogen-bond acceptors (Lipinski definition) is 3. The van der Waals surface area contributed by atoms with Crippen molar-refractivity contribution in [2.24, 2.45) is 0 Å². The predicted octanol–water partition coefficient (Wildman–Crippen LogP) is 4.83. The average Bonchev–Trinajstić information content (AvgIpc) is 2.46. The molecule has 0 unspecified atom stereocenters. The Balaban J connectivity index is 2.05. The number of halogens is 2. The van der Waals surface area contributed by atoms with Crippen molar-refractivity contribution in [1.29, 1.82) is 0 Å². The molecule has 100 valence electrons. The van der Waals surface area contributed by atoms with E-state index < -0.39 is 0 Å². The first-order chi connectivity index (χ1) is 9.22. The van der Waals surface area contributed by atoms with Gasteiger partial charge in [0.1, 0.15) is 5.82 Å². The molecule has 0 aliphatic rings. The number of benzene rings is 1. The molecule has 2 rings (SSSR count). The summed E-state index contributed by atoms with van der Waals surface area (Å²) in [5.74, 6) is 2.11. The minimum Gasteiger partial charge on any atom is -0.240 e. The van der Waals surface area contributed by atoms with Crippen molar-refractivity contribution in [2.75, 3.05) is 0 Å². The zero-order chi connectivity index (χ0) is 13.7. The van der Waals surface area contributed by atoms with Gasteiger partial charge in [-0.3, -0.25) is 0 Å². The normalized spacial score (nSPS) is 10.7. The highest BCUT2D eigenvalue weighted by Gasteiger charge is 2.05. The van der Waals surface area contributed by atoms with E-state index in [4.69, 9.17) is 11.6 Å². The molecule has 1 heterocycles. The third kappa shape index (κ3) is 4.20. The van der Waals surface area contributed by atoms with E-state index >= 15 is 0 Å². The van der Waals surface area contributed by atoms with Gasteiger partial charge in [-0.25, -0.2) is 9.97 Å². The quantitative estimate of drug-likeness (QED) is 0.566. The second-order valence-electron chi connectivity index (χ2n) is 3.99. The highest BCUT2D eigenvalue weighted by molar-refractivity contribution is 9.10. The molecule has 0 N–H and O–H groups in total. The van der Waals surface area contributed by atoms with Gasteiger partial charge in [0, 0.05) is 26.8 Å². The van der Waals surface area contributed by atoms with E-state index in [1.54, 1.807) is 11.8 Å². The molecule has 0 fully saturated rings. The van der Waals surface area contributed by atoms with Gasteiger partial charge in [0.25, 0.3) is 0 Å². The third-order valence-corrected chi connectivity index (χ3v) is 4.49. The van der Waals surface area contributed by atoms with Crippen LogP contribution in [0.5, 0.6) is 0 Å². The molecule has 0 saturated heterocycles. The first-order valence-electron chi connectivity index (χ1n) is 6.01. The summed E-state index contributed by atoms with van der Waals surface area (Å²) < 4.78 is 1.09. The molecule has 19 heavy (non-hydrogen) atoms. The third-order valence-electron chi connectivity index (χ3n) is 2.66. The minimum absolute atomic E-state index is 0.476. The van der Waals surface area contributed by atoms with Crippen LogP contribution in [0.3, 0.4) is 0 Å². The Morgan fingerprint density at radius 3 is 2.63 bits per heavy atom.